The van der Waals surface area contributed by atoms with Gasteiger partial charge in [0.05, 0.1) is 25.2 Å². The Morgan fingerprint density at radius 2 is 2.10 bits per heavy atom. The van der Waals surface area contributed by atoms with E-state index in [1.54, 1.807) is 12.1 Å². The molecule has 0 N–H and O–H groups in total. The van der Waals surface area contributed by atoms with Crippen molar-refractivity contribution in [3.8, 4) is 0 Å². The molecule has 0 bridgehead atoms. The first-order chi connectivity index (χ1) is 9.69. The van der Waals surface area contributed by atoms with E-state index in [-0.39, 0.29) is 0 Å². The van der Waals surface area contributed by atoms with Gasteiger partial charge in [-0.3, -0.25) is 4.39 Å². The summed E-state index contributed by atoms with van der Waals surface area (Å²) in [6.45, 7) is 0.0116. The van der Waals surface area contributed by atoms with E-state index in [9.17, 15) is 8.78 Å². The SMILES string of the molecule is CO[C@H](c1ccc(N2CC(F)C2)cc1)[C@@H](CF)N=[N+]=[N-]. The molecule has 7 heteroatoms. The van der Waals surface area contributed by atoms with E-state index in [1.165, 1.54) is 7.11 Å². The average Bonchev–Trinajstić information content (AvgIpc) is 2.44. The quantitative estimate of drug-likeness (QED) is 0.457. The van der Waals surface area contributed by atoms with Crippen molar-refractivity contribution in [2.24, 2.45) is 5.11 Å². The smallest absolute Gasteiger partial charge is 0.135 e. The zero-order valence-corrected chi connectivity index (χ0v) is 11.1. The number of hydrogen-bond acceptors (Lipinski definition) is 3. The van der Waals surface area contributed by atoms with E-state index in [0.717, 1.165) is 11.3 Å². The Morgan fingerprint density at radius 3 is 2.55 bits per heavy atom. The van der Waals surface area contributed by atoms with Crippen molar-refractivity contribution in [3.63, 3.8) is 0 Å². The maximum atomic E-state index is 12.9. The third-order valence-electron chi connectivity index (χ3n) is 3.39. The average molecular weight is 282 g/mol. The van der Waals surface area contributed by atoms with Gasteiger partial charge in [0.2, 0.25) is 0 Å². The van der Waals surface area contributed by atoms with E-state index in [2.05, 4.69) is 10.0 Å². The van der Waals surface area contributed by atoms with E-state index < -0.39 is 25.0 Å². The summed E-state index contributed by atoms with van der Waals surface area (Å²) in [6.07, 6.45) is -1.39. The van der Waals surface area contributed by atoms with Gasteiger partial charge in [0.1, 0.15) is 12.8 Å². The zero-order chi connectivity index (χ0) is 14.5. The Labute approximate surface area is 115 Å². The van der Waals surface area contributed by atoms with Gasteiger partial charge in [-0.1, -0.05) is 17.2 Å². The van der Waals surface area contributed by atoms with Crippen LogP contribution < -0.4 is 4.90 Å². The Bertz CT molecular complexity index is 484. The summed E-state index contributed by atoms with van der Waals surface area (Å²) in [4.78, 5) is 4.55. The van der Waals surface area contributed by atoms with Crippen molar-refractivity contribution in [2.75, 3.05) is 31.8 Å². The molecular weight excluding hydrogens is 266 g/mol. The van der Waals surface area contributed by atoms with Gasteiger partial charge in [-0.2, -0.15) is 0 Å². The molecule has 2 rings (SSSR count). The van der Waals surface area contributed by atoms with Crippen molar-refractivity contribution in [3.05, 3.63) is 40.3 Å². The second-order valence-electron chi connectivity index (χ2n) is 4.68. The lowest BCUT2D eigenvalue weighted by atomic mass is 10.0. The van der Waals surface area contributed by atoms with Crippen molar-refractivity contribution < 1.29 is 13.5 Å². The highest BCUT2D eigenvalue weighted by Gasteiger charge is 2.27. The fraction of sp³-hybridized carbons (Fsp3) is 0.538. The third kappa shape index (κ3) is 3.00. The number of benzene rings is 1. The Kier molecular flexibility index (Phi) is 4.76. The van der Waals surface area contributed by atoms with Crippen LogP contribution in [0.2, 0.25) is 0 Å². The molecule has 0 radical (unpaired) electrons. The predicted octanol–water partition coefficient (Wildman–Crippen LogP) is 3.18. The number of rotatable bonds is 6. The van der Waals surface area contributed by atoms with Gasteiger partial charge in [0.25, 0.3) is 0 Å². The van der Waals surface area contributed by atoms with Gasteiger partial charge in [-0.15, -0.1) is 0 Å². The molecule has 2 atom stereocenters. The number of nitrogens with zero attached hydrogens (tertiary/aromatic N) is 4. The zero-order valence-electron chi connectivity index (χ0n) is 11.1. The molecule has 0 saturated carbocycles. The van der Waals surface area contributed by atoms with Crippen LogP contribution in [0.1, 0.15) is 11.7 Å². The summed E-state index contributed by atoms with van der Waals surface area (Å²) in [7, 11) is 1.44. The van der Waals surface area contributed by atoms with E-state index in [1.807, 2.05) is 17.0 Å². The number of alkyl halides is 2. The summed E-state index contributed by atoms with van der Waals surface area (Å²) in [5.41, 5.74) is 10.1. The second-order valence-corrected chi connectivity index (χ2v) is 4.68. The molecule has 0 spiro atoms. The van der Waals surface area contributed by atoms with Crippen LogP contribution in [0.15, 0.2) is 29.4 Å². The minimum Gasteiger partial charge on any atom is -0.376 e. The molecule has 1 saturated heterocycles. The summed E-state index contributed by atoms with van der Waals surface area (Å²) in [5.74, 6) is 0. The van der Waals surface area contributed by atoms with Crippen LogP contribution in [0.25, 0.3) is 10.4 Å². The fourth-order valence-electron chi connectivity index (χ4n) is 2.26. The van der Waals surface area contributed by atoms with Crippen LogP contribution in [0, 0.1) is 0 Å². The molecule has 1 aromatic rings. The highest BCUT2D eigenvalue weighted by atomic mass is 19.1. The number of methoxy groups -OCH3 is 1. The molecule has 1 aliphatic rings. The summed E-state index contributed by atoms with van der Waals surface area (Å²) < 4.78 is 30.9. The number of azide groups is 1. The maximum absolute atomic E-state index is 12.9. The van der Waals surface area contributed by atoms with Crippen LogP contribution in [0.3, 0.4) is 0 Å². The van der Waals surface area contributed by atoms with Gasteiger partial charge in [-0.05, 0) is 23.2 Å². The molecule has 5 nitrogen and oxygen atoms in total. The number of halogens is 2. The highest BCUT2D eigenvalue weighted by molar-refractivity contribution is 5.50. The van der Waals surface area contributed by atoms with Gasteiger partial charge >= 0.3 is 0 Å². The lowest BCUT2D eigenvalue weighted by Gasteiger charge is -2.36. The number of hydrogen-bond donors (Lipinski definition) is 0. The first-order valence-electron chi connectivity index (χ1n) is 6.31. The van der Waals surface area contributed by atoms with Crippen LogP contribution in [0.4, 0.5) is 14.5 Å². The molecule has 1 aromatic carbocycles. The molecule has 1 heterocycles. The van der Waals surface area contributed by atoms with Crippen LogP contribution >= 0.6 is 0 Å². The van der Waals surface area contributed by atoms with Crippen molar-refractivity contribution in [2.45, 2.75) is 18.3 Å². The Morgan fingerprint density at radius 1 is 1.45 bits per heavy atom. The van der Waals surface area contributed by atoms with E-state index >= 15 is 0 Å². The van der Waals surface area contributed by atoms with Gasteiger partial charge in [0.15, 0.2) is 0 Å². The molecule has 1 aliphatic heterocycles. The number of ether oxygens (including phenoxy) is 1. The molecule has 0 aliphatic carbocycles. The molecule has 20 heavy (non-hydrogen) atoms. The Hall–Kier alpha value is -1.85. The first kappa shape index (κ1) is 14.6. The summed E-state index contributed by atoms with van der Waals surface area (Å²) in [6, 6.07) is 6.34. The monoisotopic (exact) mass is 282 g/mol. The third-order valence-corrected chi connectivity index (χ3v) is 3.39. The standard InChI is InChI=1S/C13H16F2N4O/c1-20-13(12(6-14)17-18-16)9-2-4-11(5-3-9)19-7-10(15)8-19/h2-5,10,12-13H,6-8H2,1H3/t12-,13-/m1/s1. The van der Waals surface area contributed by atoms with E-state index in [0.29, 0.717) is 13.1 Å². The molecule has 108 valence electrons. The highest BCUT2D eigenvalue weighted by Crippen LogP contribution is 2.28. The molecule has 1 fully saturated rings. The van der Waals surface area contributed by atoms with Gasteiger partial charge < -0.3 is 9.64 Å². The van der Waals surface area contributed by atoms with Crippen LogP contribution in [-0.4, -0.2) is 39.1 Å². The lowest BCUT2D eigenvalue weighted by Crippen LogP contribution is -2.48. The van der Waals surface area contributed by atoms with Crippen molar-refractivity contribution in [1.29, 1.82) is 0 Å². The lowest BCUT2D eigenvalue weighted by molar-refractivity contribution is 0.0722. The van der Waals surface area contributed by atoms with E-state index in [4.69, 9.17) is 10.3 Å². The summed E-state index contributed by atoms with van der Waals surface area (Å²) in [5, 5.41) is 3.41. The van der Waals surface area contributed by atoms with Crippen LogP contribution in [0.5, 0.6) is 0 Å². The minimum atomic E-state index is -0.893. The van der Waals surface area contributed by atoms with Crippen LogP contribution in [-0.2, 0) is 4.74 Å². The normalized spacial score (nSPS) is 18.1. The fourth-order valence-corrected chi connectivity index (χ4v) is 2.26. The topological polar surface area (TPSA) is 61.2 Å². The second kappa shape index (κ2) is 6.54. The first-order valence-corrected chi connectivity index (χ1v) is 6.31. The molecule has 0 aromatic heterocycles. The van der Waals surface area contributed by atoms with Crippen molar-refractivity contribution >= 4 is 5.69 Å². The molecule has 0 amide bonds. The Balaban J connectivity index is 2.12. The molecule has 0 unspecified atom stereocenters. The van der Waals surface area contributed by atoms with Crippen molar-refractivity contribution in [1.82, 2.24) is 0 Å². The number of anilines is 1. The largest absolute Gasteiger partial charge is 0.376 e. The summed E-state index contributed by atoms with van der Waals surface area (Å²) >= 11 is 0. The van der Waals surface area contributed by atoms with Gasteiger partial charge in [0, 0.05) is 17.7 Å². The maximum Gasteiger partial charge on any atom is 0.135 e. The predicted molar refractivity (Wildman–Crippen MR) is 72.2 cm³/mol. The van der Waals surface area contributed by atoms with Gasteiger partial charge in [-0.25, -0.2) is 4.39 Å². The minimum absolute atomic E-state index is 0.402. The molecular formula is C13H16F2N4O.